The molecule has 0 aromatic heterocycles. The highest BCUT2D eigenvalue weighted by Crippen LogP contribution is 2.28. The zero-order chi connectivity index (χ0) is 20.7. The van der Waals surface area contributed by atoms with E-state index in [2.05, 4.69) is 5.32 Å². The first-order valence-electron chi connectivity index (χ1n) is 10.3. The second kappa shape index (κ2) is 10.6. The molecular weight excluding hydrogens is 366 g/mol. The minimum absolute atomic E-state index is 0.0598. The first-order chi connectivity index (χ1) is 12.4. The number of alkyl carbamates (subject to hydrolysis) is 1. The number of carbonyl (C=O) groups excluding carboxylic acids is 1. The van der Waals surface area contributed by atoms with Gasteiger partial charge in [-0.25, -0.2) is 13.2 Å². The summed E-state index contributed by atoms with van der Waals surface area (Å²) < 4.78 is 29.3. The topological polar surface area (TPSA) is 92.7 Å². The lowest BCUT2D eigenvalue weighted by Gasteiger charge is -2.31. The second-order valence-electron chi connectivity index (χ2n) is 9.12. The third-order valence-electron chi connectivity index (χ3n) is 5.13. The Balaban J connectivity index is 2.65. The van der Waals surface area contributed by atoms with Crippen LogP contribution in [0.25, 0.3) is 0 Å². The zero-order valence-electron chi connectivity index (χ0n) is 17.7. The Morgan fingerprint density at radius 2 is 1.78 bits per heavy atom. The smallest absolute Gasteiger partial charge is 0.407 e. The normalized spacial score (nSPS) is 18.9. The maximum atomic E-state index is 12.2. The van der Waals surface area contributed by atoms with Crippen molar-refractivity contribution in [1.29, 1.82) is 0 Å². The molecule has 0 saturated heterocycles. The Bertz CT molecular complexity index is 547. The molecule has 0 radical (unpaired) electrons. The monoisotopic (exact) mass is 405 g/mol. The molecule has 1 amide bonds. The van der Waals surface area contributed by atoms with Crippen molar-refractivity contribution >= 4 is 15.9 Å². The van der Waals surface area contributed by atoms with Gasteiger partial charge >= 0.3 is 6.09 Å². The fourth-order valence-corrected chi connectivity index (χ4v) is 4.52. The van der Waals surface area contributed by atoms with Crippen LogP contribution in [-0.2, 0) is 14.6 Å². The van der Waals surface area contributed by atoms with Crippen molar-refractivity contribution in [2.45, 2.75) is 109 Å². The van der Waals surface area contributed by atoms with Crippen LogP contribution in [0, 0.1) is 5.92 Å². The summed E-state index contributed by atoms with van der Waals surface area (Å²) in [5.41, 5.74) is -0.601. The number of amides is 1. The molecule has 0 aromatic carbocycles. The van der Waals surface area contributed by atoms with Gasteiger partial charge in [0.2, 0.25) is 0 Å². The molecule has 1 saturated carbocycles. The van der Waals surface area contributed by atoms with Crippen molar-refractivity contribution in [2.24, 2.45) is 5.92 Å². The van der Waals surface area contributed by atoms with E-state index in [9.17, 15) is 18.3 Å². The lowest BCUT2D eigenvalue weighted by atomic mass is 9.83. The second-order valence-corrected chi connectivity index (χ2v) is 11.8. The van der Waals surface area contributed by atoms with E-state index < -0.39 is 38.9 Å². The summed E-state index contributed by atoms with van der Waals surface area (Å²) in [7, 11) is -3.12. The Kier molecular flexibility index (Phi) is 9.55. The van der Waals surface area contributed by atoms with Crippen molar-refractivity contribution < 1.29 is 23.1 Å². The van der Waals surface area contributed by atoms with Crippen molar-refractivity contribution in [1.82, 2.24) is 5.32 Å². The lowest BCUT2D eigenvalue weighted by Crippen LogP contribution is -2.46. The fourth-order valence-electron chi connectivity index (χ4n) is 3.48. The van der Waals surface area contributed by atoms with E-state index in [1.54, 1.807) is 34.6 Å². The van der Waals surface area contributed by atoms with Crippen LogP contribution in [0.4, 0.5) is 4.79 Å². The summed E-state index contributed by atoms with van der Waals surface area (Å²) >= 11 is 0. The maximum Gasteiger partial charge on any atom is 0.407 e. The predicted molar refractivity (Wildman–Crippen MR) is 109 cm³/mol. The van der Waals surface area contributed by atoms with Crippen LogP contribution < -0.4 is 5.32 Å². The van der Waals surface area contributed by atoms with Crippen LogP contribution in [0.1, 0.15) is 86.0 Å². The van der Waals surface area contributed by atoms with Gasteiger partial charge in [-0.1, -0.05) is 32.1 Å². The number of sulfone groups is 1. The Morgan fingerprint density at radius 3 is 2.30 bits per heavy atom. The van der Waals surface area contributed by atoms with Crippen molar-refractivity contribution in [3.05, 3.63) is 0 Å². The van der Waals surface area contributed by atoms with Crippen LogP contribution in [0.2, 0.25) is 0 Å². The molecule has 0 aliphatic heterocycles. The van der Waals surface area contributed by atoms with Crippen molar-refractivity contribution in [3.63, 3.8) is 0 Å². The van der Waals surface area contributed by atoms with E-state index in [0.717, 1.165) is 12.8 Å². The summed E-state index contributed by atoms with van der Waals surface area (Å²) in [6.07, 6.45) is 5.98. The molecule has 2 N–H and O–H groups in total. The quantitative estimate of drug-likeness (QED) is 0.608. The summed E-state index contributed by atoms with van der Waals surface area (Å²) in [6.45, 7) is 8.74. The first kappa shape index (κ1) is 24.2. The van der Waals surface area contributed by atoms with Gasteiger partial charge in [-0.3, -0.25) is 0 Å². The number of hydrogen-bond donors (Lipinski definition) is 2. The van der Waals surface area contributed by atoms with Gasteiger partial charge in [0.05, 0.1) is 23.1 Å². The fraction of sp³-hybridized carbons (Fsp3) is 0.950. The van der Waals surface area contributed by atoms with E-state index in [1.165, 1.54) is 19.3 Å². The highest BCUT2D eigenvalue weighted by atomic mass is 32.2. The molecule has 1 rings (SSSR count). The number of aliphatic hydroxyl groups excluding tert-OH is 1. The molecule has 0 spiro atoms. The molecular formula is C20H39NO5S. The Morgan fingerprint density at radius 1 is 1.19 bits per heavy atom. The van der Waals surface area contributed by atoms with Gasteiger partial charge in [-0.15, -0.1) is 0 Å². The summed E-state index contributed by atoms with van der Waals surface area (Å²) in [6, 6.07) is -0.412. The number of rotatable bonds is 9. The SMILES string of the molecule is CC(C)S(=O)(=O)CCC[C@H](O)[C@H](CC1CCCCC1)NC(=O)OC(C)(C)C. The van der Waals surface area contributed by atoms with E-state index in [0.29, 0.717) is 25.2 Å². The molecule has 2 atom stereocenters. The van der Waals surface area contributed by atoms with Gasteiger partial charge in [-0.2, -0.15) is 0 Å². The lowest BCUT2D eigenvalue weighted by molar-refractivity contribution is 0.0379. The predicted octanol–water partition coefficient (Wildman–Crippen LogP) is 3.81. The third kappa shape index (κ3) is 9.79. The van der Waals surface area contributed by atoms with Crippen LogP contribution in [0.5, 0.6) is 0 Å². The van der Waals surface area contributed by atoms with Gasteiger partial charge in [0, 0.05) is 0 Å². The first-order valence-corrected chi connectivity index (χ1v) is 12.0. The molecule has 0 aromatic rings. The van der Waals surface area contributed by atoms with Gasteiger partial charge in [0.15, 0.2) is 9.84 Å². The van der Waals surface area contributed by atoms with Crippen LogP contribution in [0.15, 0.2) is 0 Å². The van der Waals surface area contributed by atoms with Crippen molar-refractivity contribution in [3.8, 4) is 0 Å². The minimum atomic E-state index is -3.12. The maximum absolute atomic E-state index is 12.2. The standard InChI is InChI=1S/C20H39NO5S/c1-15(2)27(24,25)13-9-12-18(22)17(14-16-10-7-6-8-11-16)21-19(23)26-20(3,4)5/h15-18,22H,6-14H2,1-5H3,(H,21,23)/t17-,18-/m0/s1. The van der Waals surface area contributed by atoms with Gasteiger partial charge in [0.25, 0.3) is 0 Å². The summed E-state index contributed by atoms with van der Waals surface area (Å²) in [5.74, 6) is 0.539. The molecule has 6 nitrogen and oxygen atoms in total. The van der Waals surface area contributed by atoms with Crippen LogP contribution in [0.3, 0.4) is 0 Å². The van der Waals surface area contributed by atoms with Crippen LogP contribution >= 0.6 is 0 Å². The number of nitrogens with one attached hydrogen (secondary N) is 1. The molecule has 1 fully saturated rings. The van der Waals surface area contributed by atoms with E-state index in [-0.39, 0.29) is 5.75 Å². The molecule has 0 unspecified atom stereocenters. The largest absolute Gasteiger partial charge is 0.444 e. The summed E-state index contributed by atoms with van der Waals surface area (Å²) in [4.78, 5) is 12.2. The number of hydrogen-bond acceptors (Lipinski definition) is 5. The number of ether oxygens (including phenoxy) is 1. The summed E-state index contributed by atoms with van der Waals surface area (Å²) in [5, 5.41) is 13.1. The van der Waals surface area contributed by atoms with E-state index >= 15 is 0 Å². The number of aliphatic hydroxyl groups is 1. The molecule has 0 heterocycles. The number of carbonyl (C=O) groups is 1. The van der Waals surface area contributed by atoms with Crippen molar-refractivity contribution in [2.75, 3.05) is 5.75 Å². The molecule has 27 heavy (non-hydrogen) atoms. The molecule has 160 valence electrons. The highest BCUT2D eigenvalue weighted by Gasteiger charge is 2.28. The highest BCUT2D eigenvalue weighted by molar-refractivity contribution is 7.91. The molecule has 1 aliphatic carbocycles. The van der Waals surface area contributed by atoms with Gasteiger partial charge in [-0.05, 0) is 59.8 Å². The molecule has 1 aliphatic rings. The Hall–Kier alpha value is -0.820. The molecule has 0 bridgehead atoms. The van der Waals surface area contributed by atoms with E-state index in [4.69, 9.17) is 4.74 Å². The average Bonchev–Trinajstić information content (AvgIpc) is 2.53. The third-order valence-corrected chi connectivity index (χ3v) is 7.42. The van der Waals surface area contributed by atoms with Gasteiger partial charge < -0.3 is 15.2 Å². The van der Waals surface area contributed by atoms with E-state index in [1.807, 2.05) is 0 Å². The Labute approximate surface area is 165 Å². The zero-order valence-corrected chi connectivity index (χ0v) is 18.5. The van der Waals surface area contributed by atoms with Gasteiger partial charge in [0.1, 0.15) is 5.60 Å². The minimum Gasteiger partial charge on any atom is -0.444 e. The molecule has 7 heteroatoms. The van der Waals surface area contributed by atoms with Crippen LogP contribution in [-0.4, -0.2) is 48.4 Å². The average molecular weight is 406 g/mol.